The predicted molar refractivity (Wildman–Crippen MR) is 69.7 cm³/mol. The summed E-state index contributed by atoms with van der Waals surface area (Å²) in [6, 6.07) is 8.72. The van der Waals surface area contributed by atoms with Gasteiger partial charge in [-0.15, -0.1) is 0 Å². The van der Waals surface area contributed by atoms with Crippen molar-refractivity contribution >= 4 is 11.8 Å². The molecule has 1 unspecified atom stereocenters. The Morgan fingerprint density at radius 1 is 1.21 bits per heavy atom. The Hall–Kier alpha value is -2.36. The number of hydrogen-bond acceptors (Lipinski definition) is 3. The lowest BCUT2D eigenvalue weighted by molar-refractivity contribution is -0.132. The lowest BCUT2D eigenvalue weighted by Crippen LogP contribution is -2.34. The highest BCUT2D eigenvalue weighted by Crippen LogP contribution is 2.32. The molecule has 0 saturated heterocycles. The third-order valence-corrected chi connectivity index (χ3v) is 3.58. The van der Waals surface area contributed by atoms with Crippen molar-refractivity contribution in [1.82, 2.24) is 4.90 Å². The van der Waals surface area contributed by atoms with E-state index in [0.717, 1.165) is 0 Å². The van der Waals surface area contributed by atoms with E-state index in [0.29, 0.717) is 29.8 Å². The molecule has 2 aliphatic heterocycles. The Bertz CT molecular complexity index is 601. The summed E-state index contributed by atoms with van der Waals surface area (Å²) >= 11 is 0. The molecule has 0 bridgehead atoms. The molecule has 2 aliphatic rings. The van der Waals surface area contributed by atoms with Gasteiger partial charge in [-0.2, -0.15) is 0 Å². The van der Waals surface area contributed by atoms with Crippen LogP contribution in [0.25, 0.3) is 0 Å². The molecule has 1 aromatic carbocycles. The molecule has 0 aromatic heterocycles. The Morgan fingerprint density at radius 3 is 2.63 bits per heavy atom. The SMILES string of the molecule is O=C(O)C1=C2C=CC(C(=O)c3ccccc3)N2CC1. The topological polar surface area (TPSA) is 57.6 Å². The third kappa shape index (κ3) is 1.85. The summed E-state index contributed by atoms with van der Waals surface area (Å²) in [6.45, 7) is 0.590. The van der Waals surface area contributed by atoms with Crippen molar-refractivity contribution in [2.75, 3.05) is 6.54 Å². The van der Waals surface area contributed by atoms with Gasteiger partial charge < -0.3 is 10.0 Å². The highest BCUT2D eigenvalue weighted by molar-refractivity contribution is 6.02. The van der Waals surface area contributed by atoms with Crippen molar-refractivity contribution in [1.29, 1.82) is 0 Å². The Kier molecular flexibility index (Phi) is 2.71. The molecule has 1 atom stereocenters. The van der Waals surface area contributed by atoms with Crippen molar-refractivity contribution in [3.05, 3.63) is 59.3 Å². The molecule has 3 rings (SSSR count). The van der Waals surface area contributed by atoms with Crippen LogP contribution in [0.5, 0.6) is 0 Å². The molecule has 0 fully saturated rings. The normalized spacial score (nSPS) is 20.8. The summed E-state index contributed by atoms with van der Waals surface area (Å²) < 4.78 is 0. The van der Waals surface area contributed by atoms with Crippen LogP contribution in [0.1, 0.15) is 16.8 Å². The molecule has 2 heterocycles. The smallest absolute Gasteiger partial charge is 0.333 e. The number of ketones is 1. The zero-order chi connectivity index (χ0) is 13.4. The Balaban J connectivity index is 1.89. The van der Waals surface area contributed by atoms with Gasteiger partial charge in [0.1, 0.15) is 6.04 Å². The summed E-state index contributed by atoms with van der Waals surface area (Å²) in [5.74, 6) is -0.881. The van der Waals surface area contributed by atoms with E-state index >= 15 is 0 Å². The van der Waals surface area contributed by atoms with Crippen LogP contribution in [0.4, 0.5) is 0 Å². The quantitative estimate of drug-likeness (QED) is 0.837. The van der Waals surface area contributed by atoms with Gasteiger partial charge in [0.05, 0.1) is 5.57 Å². The summed E-state index contributed by atoms with van der Waals surface area (Å²) in [5, 5.41) is 9.10. The van der Waals surface area contributed by atoms with Crippen LogP contribution in [0.3, 0.4) is 0 Å². The van der Waals surface area contributed by atoms with Crippen molar-refractivity contribution in [3.63, 3.8) is 0 Å². The molecule has 1 N–H and O–H groups in total. The monoisotopic (exact) mass is 255 g/mol. The number of carboxylic acids is 1. The van der Waals surface area contributed by atoms with Gasteiger partial charge in [-0.1, -0.05) is 36.4 Å². The zero-order valence-corrected chi connectivity index (χ0v) is 10.2. The number of rotatable bonds is 3. The maximum absolute atomic E-state index is 12.4. The molecule has 1 aromatic rings. The fraction of sp³-hybridized carbons (Fsp3) is 0.200. The van der Waals surface area contributed by atoms with Crippen LogP contribution in [-0.2, 0) is 4.79 Å². The van der Waals surface area contributed by atoms with Crippen LogP contribution in [-0.4, -0.2) is 34.3 Å². The molecule has 4 nitrogen and oxygen atoms in total. The standard InChI is InChI=1S/C15H13NO3/c17-14(10-4-2-1-3-5-10)13-7-6-12-11(15(18)19)8-9-16(12)13/h1-7,13H,8-9H2,(H,18,19). The molecular weight excluding hydrogens is 242 g/mol. The van der Waals surface area contributed by atoms with E-state index in [1.54, 1.807) is 24.3 Å². The molecule has 0 spiro atoms. The Morgan fingerprint density at radius 2 is 1.95 bits per heavy atom. The number of carbonyl (C=O) groups is 2. The summed E-state index contributed by atoms with van der Waals surface area (Å²) in [7, 11) is 0. The van der Waals surface area contributed by atoms with Crippen LogP contribution in [0.15, 0.2) is 53.8 Å². The molecule has 19 heavy (non-hydrogen) atoms. The van der Waals surface area contributed by atoms with Crippen molar-refractivity contribution in [3.8, 4) is 0 Å². The maximum atomic E-state index is 12.4. The summed E-state index contributed by atoms with van der Waals surface area (Å²) in [4.78, 5) is 25.4. The summed E-state index contributed by atoms with van der Waals surface area (Å²) in [6.07, 6.45) is 4.03. The number of allylic oxidation sites excluding steroid dienone is 1. The first-order valence-corrected chi connectivity index (χ1v) is 6.19. The van der Waals surface area contributed by atoms with E-state index in [1.807, 2.05) is 23.1 Å². The number of carboxylic acid groups (broad SMARTS) is 1. The first-order valence-electron chi connectivity index (χ1n) is 6.19. The van der Waals surface area contributed by atoms with Gasteiger partial charge in [0.15, 0.2) is 5.78 Å². The van der Waals surface area contributed by atoms with Crippen molar-refractivity contribution in [2.24, 2.45) is 0 Å². The zero-order valence-electron chi connectivity index (χ0n) is 10.2. The second-order valence-electron chi connectivity index (χ2n) is 4.65. The number of carbonyl (C=O) groups excluding carboxylic acids is 1. The van der Waals surface area contributed by atoms with E-state index < -0.39 is 5.97 Å². The highest BCUT2D eigenvalue weighted by atomic mass is 16.4. The van der Waals surface area contributed by atoms with E-state index in [9.17, 15) is 9.59 Å². The number of nitrogens with zero attached hydrogens (tertiary/aromatic N) is 1. The van der Waals surface area contributed by atoms with Gasteiger partial charge in [0, 0.05) is 17.8 Å². The summed E-state index contributed by atoms with van der Waals surface area (Å²) in [5.41, 5.74) is 1.74. The first-order chi connectivity index (χ1) is 9.18. The Labute approximate surface area is 110 Å². The van der Waals surface area contributed by atoms with Gasteiger partial charge in [0.25, 0.3) is 0 Å². The first kappa shape index (κ1) is 11.7. The average molecular weight is 255 g/mol. The second-order valence-corrected chi connectivity index (χ2v) is 4.65. The van der Waals surface area contributed by atoms with E-state index in [4.69, 9.17) is 5.11 Å². The minimum Gasteiger partial charge on any atom is -0.478 e. The lowest BCUT2D eigenvalue weighted by atomic mass is 10.0. The maximum Gasteiger partial charge on any atom is 0.333 e. The van der Waals surface area contributed by atoms with Gasteiger partial charge >= 0.3 is 5.97 Å². The van der Waals surface area contributed by atoms with Crippen molar-refractivity contribution < 1.29 is 14.7 Å². The number of fused-ring (bicyclic) bond motifs is 1. The number of Topliss-reactive ketones (excluding diaryl/α,β-unsaturated/α-hetero) is 1. The van der Waals surface area contributed by atoms with E-state index in [2.05, 4.69) is 0 Å². The second kappa shape index (κ2) is 4.39. The van der Waals surface area contributed by atoms with Crippen LogP contribution in [0.2, 0.25) is 0 Å². The third-order valence-electron chi connectivity index (χ3n) is 3.58. The van der Waals surface area contributed by atoms with Crippen molar-refractivity contribution in [2.45, 2.75) is 12.5 Å². The largest absolute Gasteiger partial charge is 0.478 e. The number of hydrogen-bond donors (Lipinski definition) is 1. The molecule has 0 saturated carbocycles. The van der Waals surface area contributed by atoms with Gasteiger partial charge in [-0.25, -0.2) is 4.79 Å². The van der Waals surface area contributed by atoms with Crippen LogP contribution < -0.4 is 0 Å². The lowest BCUT2D eigenvalue weighted by Gasteiger charge is -2.22. The van der Waals surface area contributed by atoms with Gasteiger partial charge in [0.2, 0.25) is 0 Å². The van der Waals surface area contributed by atoms with Gasteiger partial charge in [-0.3, -0.25) is 4.79 Å². The van der Waals surface area contributed by atoms with Crippen LogP contribution in [0, 0.1) is 0 Å². The predicted octanol–water partition coefficient (Wildman–Crippen LogP) is 1.85. The van der Waals surface area contributed by atoms with E-state index in [-0.39, 0.29) is 11.8 Å². The number of benzene rings is 1. The number of aliphatic carboxylic acids is 1. The van der Waals surface area contributed by atoms with Gasteiger partial charge in [-0.05, 0) is 12.5 Å². The highest BCUT2D eigenvalue weighted by Gasteiger charge is 2.36. The molecule has 0 aliphatic carbocycles. The molecule has 0 amide bonds. The fourth-order valence-corrected chi connectivity index (χ4v) is 2.64. The van der Waals surface area contributed by atoms with E-state index in [1.165, 1.54) is 0 Å². The van der Waals surface area contributed by atoms with Crippen LogP contribution >= 0.6 is 0 Å². The average Bonchev–Trinajstić information content (AvgIpc) is 2.99. The minimum atomic E-state index is -0.894. The molecule has 0 radical (unpaired) electrons. The molecular formula is C15H13NO3. The molecule has 4 heteroatoms. The fourth-order valence-electron chi connectivity index (χ4n) is 2.64. The minimum absolute atomic E-state index is 0.0125. The molecule has 96 valence electrons.